The summed E-state index contributed by atoms with van der Waals surface area (Å²) >= 11 is 0. The van der Waals surface area contributed by atoms with Crippen LogP contribution in [0.3, 0.4) is 0 Å². The van der Waals surface area contributed by atoms with Crippen LogP contribution in [0.4, 0.5) is 0 Å². The van der Waals surface area contributed by atoms with E-state index in [9.17, 15) is 9.59 Å². The van der Waals surface area contributed by atoms with E-state index in [0.717, 1.165) is 12.8 Å². The van der Waals surface area contributed by atoms with Crippen molar-refractivity contribution in [1.29, 1.82) is 0 Å². The Balaban J connectivity index is 2.24. The minimum Gasteiger partial charge on any atom is -0.497 e. The Hall–Kier alpha value is -1.84. The predicted molar refractivity (Wildman–Crippen MR) is 70.8 cm³/mol. The van der Waals surface area contributed by atoms with Gasteiger partial charge in [-0.2, -0.15) is 0 Å². The van der Waals surface area contributed by atoms with Crippen LogP contribution in [0.2, 0.25) is 0 Å². The minimum atomic E-state index is -0.196. The fourth-order valence-corrected chi connectivity index (χ4v) is 2.43. The largest absolute Gasteiger partial charge is 0.497 e. The van der Waals surface area contributed by atoms with Gasteiger partial charge in [-0.05, 0) is 25.0 Å². The Morgan fingerprint density at radius 1 is 1.16 bits per heavy atom. The zero-order valence-corrected chi connectivity index (χ0v) is 11.3. The maximum absolute atomic E-state index is 12.4. The van der Waals surface area contributed by atoms with Gasteiger partial charge in [0, 0.05) is 30.4 Å². The number of methoxy groups -OCH3 is 2. The molecule has 0 aliphatic heterocycles. The van der Waals surface area contributed by atoms with Gasteiger partial charge >= 0.3 is 0 Å². The fraction of sp³-hybridized carbons (Fsp3) is 0.467. The lowest BCUT2D eigenvalue weighted by molar-refractivity contribution is -0.121. The molecule has 2 rings (SSSR count). The number of ether oxygens (including phenoxy) is 2. The van der Waals surface area contributed by atoms with Crippen LogP contribution >= 0.6 is 0 Å². The fourth-order valence-electron chi connectivity index (χ4n) is 2.43. The molecule has 0 saturated heterocycles. The quantitative estimate of drug-likeness (QED) is 0.783. The van der Waals surface area contributed by atoms with Gasteiger partial charge in [0.15, 0.2) is 5.78 Å². The van der Waals surface area contributed by atoms with E-state index in [1.54, 1.807) is 32.4 Å². The van der Waals surface area contributed by atoms with Crippen LogP contribution in [-0.2, 0) is 4.79 Å². The summed E-state index contributed by atoms with van der Waals surface area (Å²) in [7, 11) is 3.10. The molecule has 1 aromatic rings. The zero-order chi connectivity index (χ0) is 13.8. The molecule has 4 nitrogen and oxygen atoms in total. The first-order valence-corrected chi connectivity index (χ1v) is 6.43. The number of carbonyl (C=O) groups is 2. The van der Waals surface area contributed by atoms with Crippen LogP contribution in [0, 0.1) is 5.92 Å². The summed E-state index contributed by atoms with van der Waals surface area (Å²) in [6.07, 6.45) is 2.55. The summed E-state index contributed by atoms with van der Waals surface area (Å²) in [6, 6.07) is 5.12. The molecular weight excluding hydrogens is 244 g/mol. The monoisotopic (exact) mass is 262 g/mol. The summed E-state index contributed by atoms with van der Waals surface area (Å²) in [5, 5.41) is 0. The van der Waals surface area contributed by atoms with E-state index in [2.05, 4.69) is 0 Å². The van der Waals surface area contributed by atoms with E-state index in [1.807, 2.05) is 0 Å². The molecule has 0 spiro atoms. The predicted octanol–water partition coefficient (Wildman–Crippen LogP) is 2.65. The first-order chi connectivity index (χ1) is 9.13. The molecule has 0 bridgehead atoms. The highest BCUT2D eigenvalue weighted by Gasteiger charge is 2.27. The van der Waals surface area contributed by atoms with E-state index in [0.29, 0.717) is 29.9 Å². The smallest absolute Gasteiger partial charge is 0.166 e. The van der Waals surface area contributed by atoms with Crippen molar-refractivity contribution in [2.24, 2.45) is 5.92 Å². The average molecular weight is 262 g/mol. The Bertz CT molecular complexity index is 471. The van der Waals surface area contributed by atoms with E-state index in [4.69, 9.17) is 9.47 Å². The highest BCUT2D eigenvalue weighted by molar-refractivity contribution is 6.01. The number of hydrogen-bond donors (Lipinski definition) is 0. The number of hydrogen-bond acceptors (Lipinski definition) is 4. The van der Waals surface area contributed by atoms with Crippen molar-refractivity contribution >= 4 is 11.6 Å². The molecule has 19 heavy (non-hydrogen) atoms. The lowest BCUT2D eigenvalue weighted by Gasteiger charge is -2.20. The number of benzene rings is 1. The normalized spacial score (nSPS) is 19.1. The minimum absolute atomic E-state index is 0.00486. The van der Waals surface area contributed by atoms with Gasteiger partial charge in [-0.25, -0.2) is 0 Å². The second kappa shape index (κ2) is 5.87. The van der Waals surface area contributed by atoms with Gasteiger partial charge in [0.05, 0.1) is 14.2 Å². The lowest BCUT2D eigenvalue weighted by Crippen LogP contribution is -2.23. The number of rotatable bonds is 4. The van der Waals surface area contributed by atoms with Crippen molar-refractivity contribution in [3.8, 4) is 11.5 Å². The SMILES string of the molecule is COc1cc(OC)cc(C(=O)C2CCCC(=O)C2)c1. The van der Waals surface area contributed by atoms with E-state index in [1.165, 1.54) is 0 Å². The van der Waals surface area contributed by atoms with Crippen molar-refractivity contribution in [2.75, 3.05) is 14.2 Å². The summed E-state index contributed by atoms with van der Waals surface area (Å²) in [5.74, 6) is 1.16. The number of carbonyl (C=O) groups excluding carboxylic acids is 2. The molecule has 4 heteroatoms. The molecule has 1 aromatic carbocycles. The summed E-state index contributed by atoms with van der Waals surface area (Å²) in [4.78, 5) is 23.9. The summed E-state index contributed by atoms with van der Waals surface area (Å²) < 4.78 is 10.3. The third-order valence-electron chi connectivity index (χ3n) is 3.49. The molecular formula is C15H18O4. The van der Waals surface area contributed by atoms with Crippen LogP contribution in [-0.4, -0.2) is 25.8 Å². The van der Waals surface area contributed by atoms with E-state index in [-0.39, 0.29) is 17.5 Å². The number of ketones is 2. The molecule has 1 unspecified atom stereocenters. The first kappa shape index (κ1) is 13.6. The van der Waals surface area contributed by atoms with Gasteiger partial charge in [-0.3, -0.25) is 9.59 Å². The zero-order valence-electron chi connectivity index (χ0n) is 11.3. The Morgan fingerprint density at radius 2 is 1.79 bits per heavy atom. The van der Waals surface area contributed by atoms with Crippen molar-refractivity contribution in [3.63, 3.8) is 0 Å². The summed E-state index contributed by atoms with van der Waals surface area (Å²) in [6.45, 7) is 0. The molecule has 102 valence electrons. The number of Topliss-reactive ketones (excluding diaryl/α,β-unsaturated/α-hetero) is 2. The second-order valence-electron chi connectivity index (χ2n) is 4.80. The molecule has 1 atom stereocenters. The molecule has 0 heterocycles. The van der Waals surface area contributed by atoms with Crippen LogP contribution in [0.25, 0.3) is 0 Å². The molecule has 1 aliphatic rings. The van der Waals surface area contributed by atoms with Gasteiger partial charge in [0.1, 0.15) is 17.3 Å². The Labute approximate surface area is 112 Å². The van der Waals surface area contributed by atoms with Crippen molar-refractivity contribution < 1.29 is 19.1 Å². The molecule has 0 aromatic heterocycles. The summed E-state index contributed by atoms with van der Waals surface area (Å²) in [5.41, 5.74) is 0.552. The van der Waals surface area contributed by atoms with Crippen LogP contribution in [0.5, 0.6) is 11.5 Å². The second-order valence-corrected chi connectivity index (χ2v) is 4.80. The molecule has 1 fully saturated rings. The maximum Gasteiger partial charge on any atom is 0.166 e. The average Bonchev–Trinajstić information content (AvgIpc) is 2.45. The van der Waals surface area contributed by atoms with Crippen molar-refractivity contribution in [1.82, 2.24) is 0 Å². The van der Waals surface area contributed by atoms with Gasteiger partial charge in [0.2, 0.25) is 0 Å². The van der Waals surface area contributed by atoms with E-state index < -0.39 is 0 Å². The van der Waals surface area contributed by atoms with Crippen LogP contribution in [0.1, 0.15) is 36.0 Å². The molecule has 0 radical (unpaired) electrons. The highest BCUT2D eigenvalue weighted by atomic mass is 16.5. The van der Waals surface area contributed by atoms with Gasteiger partial charge in [-0.15, -0.1) is 0 Å². The van der Waals surface area contributed by atoms with Crippen LogP contribution in [0.15, 0.2) is 18.2 Å². The third kappa shape index (κ3) is 3.13. The lowest BCUT2D eigenvalue weighted by atomic mass is 9.83. The first-order valence-electron chi connectivity index (χ1n) is 6.43. The third-order valence-corrected chi connectivity index (χ3v) is 3.49. The molecule has 0 N–H and O–H groups in total. The topological polar surface area (TPSA) is 52.6 Å². The van der Waals surface area contributed by atoms with E-state index >= 15 is 0 Å². The van der Waals surface area contributed by atoms with Gasteiger partial charge < -0.3 is 9.47 Å². The van der Waals surface area contributed by atoms with Gasteiger partial charge in [0.25, 0.3) is 0 Å². The van der Waals surface area contributed by atoms with Gasteiger partial charge in [-0.1, -0.05) is 0 Å². The van der Waals surface area contributed by atoms with Crippen LogP contribution < -0.4 is 9.47 Å². The van der Waals surface area contributed by atoms with Crippen molar-refractivity contribution in [3.05, 3.63) is 23.8 Å². The maximum atomic E-state index is 12.4. The highest BCUT2D eigenvalue weighted by Crippen LogP contribution is 2.29. The molecule has 1 aliphatic carbocycles. The standard InChI is InChI=1S/C15H18O4/c1-18-13-7-11(8-14(9-13)19-2)15(17)10-4-3-5-12(16)6-10/h7-10H,3-6H2,1-2H3. The Kier molecular flexibility index (Phi) is 4.20. The Morgan fingerprint density at radius 3 is 2.32 bits per heavy atom. The molecule has 1 saturated carbocycles. The molecule has 0 amide bonds. The van der Waals surface area contributed by atoms with Crippen molar-refractivity contribution in [2.45, 2.75) is 25.7 Å².